The third-order valence-electron chi connectivity index (χ3n) is 3.25. The Morgan fingerprint density at radius 3 is 2.73 bits per heavy atom. The molecule has 1 aliphatic heterocycles. The quantitative estimate of drug-likeness (QED) is 0.467. The average Bonchev–Trinajstić information content (AvgIpc) is 2.51. The summed E-state index contributed by atoms with van der Waals surface area (Å²) in [5.41, 5.74) is 5.33. The molecule has 88 valence electrons. The third kappa shape index (κ3) is 3.80. The van der Waals surface area contributed by atoms with E-state index in [0.717, 1.165) is 38.9 Å². The Kier molecular flexibility index (Phi) is 4.11. The Hall–Kier alpha value is -0.610. The number of hydrogen-bond donors (Lipinski definition) is 3. The summed E-state index contributed by atoms with van der Waals surface area (Å²) < 4.78 is 0. The van der Waals surface area contributed by atoms with Crippen LogP contribution in [0.1, 0.15) is 33.1 Å². The van der Waals surface area contributed by atoms with Gasteiger partial charge >= 0.3 is 0 Å². The highest BCUT2D eigenvalue weighted by molar-refractivity contribution is 5.82. The van der Waals surface area contributed by atoms with Crippen molar-refractivity contribution >= 4 is 5.84 Å². The molecule has 1 saturated heterocycles. The predicted molar refractivity (Wildman–Crippen MR) is 62.0 cm³/mol. The highest BCUT2D eigenvalue weighted by atomic mass is 16.3. The van der Waals surface area contributed by atoms with Gasteiger partial charge in [0, 0.05) is 18.5 Å². The number of likely N-dealkylation sites (tertiary alicyclic amines) is 1. The van der Waals surface area contributed by atoms with E-state index < -0.39 is 0 Å². The number of aliphatic hydroxyl groups is 1. The molecule has 1 rings (SSSR count). The van der Waals surface area contributed by atoms with Gasteiger partial charge in [-0.2, -0.15) is 0 Å². The van der Waals surface area contributed by atoms with Gasteiger partial charge in [-0.25, -0.2) is 0 Å². The largest absolute Gasteiger partial charge is 0.392 e. The van der Waals surface area contributed by atoms with Crippen molar-refractivity contribution in [1.29, 1.82) is 5.41 Å². The van der Waals surface area contributed by atoms with Crippen LogP contribution < -0.4 is 5.73 Å². The second kappa shape index (κ2) is 4.94. The van der Waals surface area contributed by atoms with Crippen LogP contribution in [0.25, 0.3) is 0 Å². The van der Waals surface area contributed by atoms with E-state index in [-0.39, 0.29) is 17.4 Å². The SMILES string of the molecule is CC(C)(CCCN1CCC(O)C1)C(=N)N. The molecule has 4 heteroatoms. The summed E-state index contributed by atoms with van der Waals surface area (Å²) in [4.78, 5) is 2.28. The fraction of sp³-hybridized carbons (Fsp3) is 0.909. The molecule has 0 radical (unpaired) electrons. The highest BCUT2D eigenvalue weighted by Gasteiger charge is 2.23. The lowest BCUT2D eigenvalue weighted by molar-refractivity contribution is 0.175. The van der Waals surface area contributed by atoms with Crippen molar-refractivity contribution < 1.29 is 5.11 Å². The van der Waals surface area contributed by atoms with E-state index >= 15 is 0 Å². The standard InChI is InChI=1S/C11H23N3O/c1-11(2,10(12)13)5-3-6-14-7-4-9(15)8-14/h9,15H,3-8H2,1-2H3,(H3,12,13). The van der Waals surface area contributed by atoms with Crippen LogP contribution in [0.2, 0.25) is 0 Å². The zero-order valence-electron chi connectivity index (χ0n) is 9.79. The molecule has 0 saturated carbocycles. The number of β-amino-alcohol motifs (C(OH)–C–C–N with tert-alkyl or cyclic N) is 1. The topological polar surface area (TPSA) is 73.3 Å². The lowest BCUT2D eigenvalue weighted by Gasteiger charge is -2.24. The summed E-state index contributed by atoms with van der Waals surface area (Å²) in [6.45, 7) is 6.83. The molecule has 1 unspecified atom stereocenters. The van der Waals surface area contributed by atoms with Crippen molar-refractivity contribution in [2.24, 2.45) is 11.1 Å². The molecule has 4 nitrogen and oxygen atoms in total. The van der Waals surface area contributed by atoms with Crippen LogP contribution in [-0.2, 0) is 0 Å². The number of amidine groups is 1. The van der Waals surface area contributed by atoms with Crippen molar-refractivity contribution in [3.8, 4) is 0 Å². The zero-order valence-corrected chi connectivity index (χ0v) is 9.79. The van der Waals surface area contributed by atoms with E-state index in [9.17, 15) is 5.11 Å². The number of rotatable bonds is 5. The number of nitrogens with one attached hydrogen (secondary N) is 1. The Morgan fingerprint density at radius 2 is 2.27 bits per heavy atom. The van der Waals surface area contributed by atoms with E-state index in [4.69, 9.17) is 11.1 Å². The minimum absolute atomic E-state index is 0.134. The Labute approximate surface area is 92.0 Å². The van der Waals surface area contributed by atoms with Crippen molar-refractivity contribution in [3.05, 3.63) is 0 Å². The summed E-state index contributed by atoms with van der Waals surface area (Å²) in [5, 5.41) is 16.8. The molecule has 0 spiro atoms. The van der Waals surface area contributed by atoms with E-state index in [1.165, 1.54) is 0 Å². The van der Waals surface area contributed by atoms with Gasteiger partial charge in [-0.15, -0.1) is 0 Å². The first-order valence-corrected chi connectivity index (χ1v) is 5.67. The smallest absolute Gasteiger partial charge is 0.0963 e. The second-order valence-corrected chi connectivity index (χ2v) is 5.14. The first-order chi connectivity index (χ1) is 6.92. The zero-order chi connectivity index (χ0) is 11.5. The first-order valence-electron chi connectivity index (χ1n) is 5.67. The molecular formula is C11H23N3O. The Bertz CT molecular complexity index is 228. The fourth-order valence-electron chi connectivity index (χ4n) is 1.89. The molecule has 4 N–H and O–H groups in total. The van der Waals surface area contributed by atoms with Crippen LogP contribution in [0.4, 0.5) is 0 Å². The van der Waals surface area contributed by atoms with Gasteiger partial charge in [0.25, 0.3) is 0 Å². The molecule has 0 aliphatic carbocycles. The molecule has 1 atom stereocenters. The molecule has 1 heterocycles. The van der Waals surface area contributed by atoms with Gasteiger partial charge in [0.05, 0.1) is 11.9 Å². The molecule has 0 aromatic heterocycles. The van der Waals surface area contributed by atoms with Crippen molar-refractivity contribution in [2.75, 3.05) is 19.6 Å². The van der Waals surface area contributed by atoms with Crippen LogP contribution in [0, 0.1) is 10.8 Å². The molecule has 15 heavy (non-hydrogen) atoms. The minimum atomic E-state index is -0.182. The third-order valence-corrected chi connectivity index (χ3v) is 3.25. The van der Waals surface area contributed by atoms with Gasteiger partial charge in [-0.05, 0) is 25.8 Å². The summed E-state index contributed by atoms with van der Waals surface area (Å²) in [6.07, 6.45) is 2.75. The Morgan fingerprint density at radius 1 is 1.60 bits per heavy atom. The predicted octanol–water partition coefficient (Wildman–Crippen LogP) is 0.795. The lowest BCUT2D eigenvalue weighted by Crippen LogP contribution is -2.32. The van der Waals surface area contributed by atoms with Crippen LogP contribution in [0.5, 0.6) is 0 Å². The van der Waals surface area contributed by atoms with Crippen molar-refractivity contribution in [2.45, 2.75) is 39.2 Å². The number of hydrogen-bond acceptors (Lipinski definition) is 3. The lowest BCUT2D eigenvalue weighted by atomic mass is 9.86. The Balaban J connectivity index is 2.19. The molecular weight excluding hydrogens is 190 g/mol. The van der Waals surface area contributed by atoms with Gasteiger partial charge < -0.3 is 15.7 Å². The number of nitrogens with two attached hydrogens (primary N) is 1. The molecule has 1 aliphatic rings. The van der Waals surface area contributed by atoms with Gasteiger partial charge in [0.15, 0.2) is 0 Å². The maximum absolute atomic E-state index is 9.35. The molecule has 0 bridgehead atoms. The summed E-state index contributed by atoms with van der Waals surface area (Å²) in [7, 11) is 0. The summed E-state index contributed by atoms with van der Waals surface area (Å²) >= 11 is 0. The van der Waals surface area contributed by atoms with E-state index in [2.05, 4.69) is 4.90 Å². The van der Waals surface area contributed by atoms with E-state index in [0.29, 0.717) is 0 Å². The van der Waals surface area contributed by atoms with Gasteiger partial charge in [-0.1, -0.05) is 13.8 Å². The van der Waals surface area contributed by atoms with Gasteiger partial charge in [-0.3, -0.25) is 5.41 Å². The van der Waals surface area contributed by atoms with Crippen LogP contribution in [0.15, 0.2) is 0 Å². The molecule has 0 aromatic rings. The maximum Gasteiger partial charge on any atom is 0.0963 e. The molecule has 0 amide bonds. The highest BCUT2D eigenvalue weighted by Crippen LogP contribution is 2.22. The number of aliphatic hydroxyl groups excluding tert-OH is 1. The van der Waals surface area contributed by atoms with E-state index in [1.54, 1.807) is 0 Å². The van der Waals surface area contributed by atoms with E-state index in [1.807, 2.05) is 13.8 Å². The summed E-state index contributed by atoms with van der Waals surface area (Å²) in [5.74, 6) is 0.268. The van der Waals surface area contributed by atoms with Crippen LogP contribution in [0.3, 0.4) is 0 Å². The average molecular weight is 213 g/mol. The molecule has 1 fully saturated rings. The van der Waals surface area contributed by atoms with Crippen molar-refractivity contribution in [3.63, 3.8) is 0 Å². The number of nitrogens with zero attached hydrogens (tertiary/aromatic N) is 1. The minimum Gasteiger partial charge on any atom is -0.392 e. The summed E-state index contributed by atoms with van der Waals surface area (Å²) in [6, 6.07) is 0. The van der Waals surface area contributed by atoms with Gasteiger partial charge in [0.2, 0.25) is 0 Å². The van der Waals surface area contributed by atoms with Crippen LogP contribution in [-0.4, -0.2) is 41.6 Å². The van der Waals surface area contributed by atoms with Crippen molar-refractivity contribution in [1.82, 2.24) is 4.90 Å². The maximum atomic E-state index is 9.35. The van der Waals surface area contributed by atoms with Crippen LogP contribution >= 0.6 is 0 Å². The second-order valence-electron chi connectivity index (χ2n) is 5.14. The fourth-order valence-corrected chi connectivity index (χ4v) is 1.89. The van der Waals surface area contributed by atoms with Gasteiger partial charge in [0.1, 0.15) is 0 Å². The first kappa shape index (κ1) is 12.5. The molecule has 0 aromatic carbocycles. The normalized spacial score (nSPS) is 23.3. The monoisotopic (exact) mass is 213 g/mol.